The molecule has 0 radical (unpaired) electrons. The molecule has 0 aromatic carbocycles. The molecule has 1 saturated heterocycles. The van der Waals surface area contributed by atoms with Gasteiger partial charge in [-0.2, -0.15) is 5.26 Å². The minimum Gasteiger partial charge on any atom is -0.333 e. The smallest absolute Gasteiger partial charge is 0.276 e. The topological polar surface area (TPSA) is 57.3 Å². The average molecular weight is 250 g/mol. The van der Waals surface area contributed by atoms with Crippen LogP contribution in [-0.2, 0) is 4.79 Å². The van der Waals surface area contributed by atoms with Gasteiger partial charge >= 0.3 is 0 Å². The van der Waals surface area contributed by atoms with E-state index in [1.165, 1.54) is 17.7 Å². The highest BCUT2D eigenvalue weighted by Gasteiger charge is 2.43. The molecule has 1 saturated carbocycles. The molecule has 0 aromatic heterocycles. The lowest BCUT2D eigenvalue weighted by atomic mass is 9.97. The summed E-state index contributed by atoms with van der Waals surface area (Å²) < 4.78 is 0. The molecule has 1 heterocycles. The van der Waals surface area contributed by atoms with Crippen LogP contribution >= 0.6 is 0 Å². The molecule has 4 heteroatoms. The molecule has 100 valence electrons. The molecule has 0 bridgehead atoms. The van der Waals surface area contributed by atoms with Crippen molar-refractivity contribution < 1.29 is 9.69 Å². The van der Waals surface area contributed by atoms with Gasteiger partial charge in [0.25, 0.3) is 5.91 Å². The third kappa shape index (κ3) is 3.23. The number of hydrogen-bond acceptors (Lipinski definition) is 2. The van der Waals surface area contributed by atoms with Crippen LogP contribution in [0, 0.1) is 23.2 Å². The second-order valence-corrected chi connectivity index (χ2v) is 6.26. The van der Waals surface area contributed by atoms with Gasteiger partial charge in [-0.25, -0.2) is 0 Å². The number of quaternary nitrogens is 1. The van der Waals surface area contributed by atoms with Crippen LogP contribution in [0.25, 0.3) is 0 Å². The SMILES string of the molecule is C[C@@H]1CCC[NH+](CC(=O)N[C@@](C)(C#N)C2CC2)C1. The van der Waals surface area contributed by atoms with Crippen molar-refractivity contribution in [1.82, 2.24) is 5.32 Å². The van der Waals surface area contributed by atoms with Crippen LogP contribution in [0.1, 0.15) is 39.5 Å². The molecule has 0 spiro atoms. The Morgan fingerprint density at radius 3 is 2.78 bits per heavy atom. The van der Waals surface area contributed by atoms with E-state index >= 15 is 0 Å². The number of hydrogen-bond donors (Lipinski definition) is 2. The van der Waals surface area contributed by atoms with Crippen molar-refractivity contribution in [2.45, 2.75) is 45.1 Å². The van der Waals surface area contributed by atoms with Gasteiger partial charge < -0.3 is 10.2 Å². The van der Waals surface area contributed by atoms with Gasteiger partial charge in [0.05, 0.1) is 19.2 Å². The maximum absolute atomic E-state index is 12.0. The normalized spacial score (nSPS) is 31.2. The zero-order valence-corrected chi connectivity index (χ0v) is 11.5. The maximum atomic E-state index is 12.0. The fourth-order valence-corrected chi connectivity index (χ4v) is 3.00. The number of amides is 1. The first-order valence-corrected chi connectivity index (χ1v) is 7.09. The number of rotatable bonds is 4. The van der Waals surface area contributed by atoms with Gasteiger partial charge in [-0.3, -0.25) is 4.79 Å². The molecule has 2 N–H and O–H groups in total. The van der Waals surface area contributed by atoms with Crippen LogP contribution in [-0.4, -0.2) is 31.1 Å². The quantitative estimate of drug-likeness (QED) is 0.744. The lowest BCUT2D eigenvalue weighted by Gasteiger charge is -2.29. The second kappa shape index (κ2) is 5.27. The van der Waals surface area contributed by atoms with Gasteiger partial charge in [-0.1, -0.05) is 6.92 Å². The van der Waals surface area contributed by atoms with Crippen molar-refractivity contribution in [2.75, 3.05) is 19.6 Å². The standard InChI is InChI=1S/C14H23N3O/c1-11-4-3-7-17(8-11)9-13(18)16-14(2,10-15)12-5-6-12/h11-12H,3-9H2,1-2H3,(H,16,18)/p+1/t11-,14+/m1/s1. The number of nitrogens with one attached hydrogen (secondary N) is 2. The Morgan fingerprint density at radius 2 is 2.22 bits per heavy atom. The van der Waals surface area contributed by atoms with Crippen molar-refractivity contribution in [3.8, 4) is 6.07 Å². The molecule has 2 fully saturated rings. The molecule has 1 amide bonds. The van der Waals surface area contributed by atoms with Crippen molar-refractivity contribution in [3.05, 3.63) is 0 Å². The van der Waals surface area contributed by atoms with Gasteiger partial charge in [0, 0.05) is 5.92 Å². The number of likely N-dealkylation sites (tertiary alicyclic amines) is 1. The first kappa shape index (κ1) is 13.4. The molecule has 1 aliphatic heterocycles. The van der Waals surface area contributed by atoms with Gasteiger partial charge in [0.15, 0.2) is 6.54 Å². The molecule has 4 nitrogen and oxygen atoms in total. The van der Waals surface area contributed by atoms with E-state index in [1.54, 1.807) is 0 Å². The average Bonchev–Trinajstić information content (AvgIpc) is 3.12. The number of carbonyl (C=O) groups excluding carboxylic acids is 1. The number of carbonyl (C=O) groups is 1. The summed E-state index contributed by atoms with van der Waals surface area (Å²) in [6.07, 6.45) is 4.63. The maximum Gasteiger partial charge on any atom is 0.276 e. The summed E-state index contributed by atoms with van der Waals surface area (Å²) in [7, 11) is 0. The number of nitrogens with zero attached hydrogens (tertiary/aromatic N) is 1. The molecule has 0 aromatic rings. The van der Waals surface area contributed by atoms with Crippen LogP contribution in [0.4, 0.5) is 0 Å². The molecule has 2 rings (SSSR count). The van der Waals surface area contributed by atoms with Crippen molar-refractivity contribution in [3.63, 3.8) is 0 Å². The van der Waals surface area contributed by atoms with Crippen molar-refractivity contribution in [2.24, 2.45) is 11.8 Å². The van der Waals surface area contributed by atoms with Gasteiger partial charge in [0.2, 0.25) is 0 Å². The highest BCUT2D eigenvalue weighted by Crippen LogP contribution is 2.39. The Bertz CT molecular complexity index is 359. The monoisotopic (exact) mass is 250 g/mol. The van der Waals surface area contributed by atoms with Crippen molar-refractivity contribution >= 4 is 5.91 Å². The minimum absolute atomic E-state index is 0.0371. The lowest BCUT2D eigenvalue weighted by Crippen LogP contribution is -3.14. The Kier molecular flexibility index (Phi) is 3.91. The Morgan fingerprint density at radius 1 is 1.50 bits per heavy atom. The minimum atomic E-state index is -0.641. The van der Waals surface area contributed by atoms with E-state index in [0.29, 0.717) is 18.4 Å². The predicted molar refractivity (Wildman–Crippen MR) is 68.8 cm³/mol. The van der Waals surface area contributed by atoms with Gasteiger partial charge in [0.1, 0.15) is 5.54 Å². The third-order valence-corrected chi connectivity index (χ3v) is 4.30. The van der Waals surface area contributed by atoms with Crippen LogP contribution in [0.5, 0.6) is 0 Å². The van der Waals surface area contributed by atoms with Crippen LogP contribution in [0.2, 0.25) is 0 Å². The van der Waals surface area contributed by atoms with Gasteiger partial charge in [-0.15, -0.1) is 0 Å². The Hall–Kier alpha value is -1.08. The number of nitriles is 1. The van der Waals surface area contributed by atoms with E-state index in [1.807, 2.05) is 6.92 Å². The van der Waals surface area contributed by atoms with Crippen LogP contribution in [0.15, 0.2) is 0 Å². The molecular formula is C14H24N3O+. The summed E-state index contributed by atoms with van der Waals surface area (Å²) in [5, 5.41) is 12.2. The first-order chi connectivity index (χ1) is 8.53. The van der Waals surface area contributed by atoms with Gasteiger partial charge in [-0.05, 0) is 38.5 Å². The Balaban J connectivity index is 1.83. The summed E-state index contributed by atoms with van der Waals surface area (Å²) in [6, 6.07) is 2.28. The molecule has 18 heavy (non-hydrogen) atoms. The highest BCUT2D eigenvalue weighted by molar-refractivity contribution is 5.78. The van der Waals surface area contributed by atoms with Crippen molar-refractivity contribution in [1.29, 1.82) is 5.26 Å². The lowest BCUT2D eigenvalue weighted by molar-refractivity contribution is -0.900. The number of piperidine rings is 1. The Labute approximate surface area is 109 Å². The van der Waals surface area contributed by atoms with E-state index in [-0.39, 0.29) is 5.91 Å². The summed E-state index contributed by atoms with van der Waals surface area (Å²) in [6.45, 7) is 6.80. The largest absolute Gasteiger partial charge is 0.333 e. The zero-order valence-electron chi connectivity index (χ0n) is 11.5. The second-order valence-electron chi connectivity index (χ2n) is 6.26. The first-order valence-electron chi connectivity index (χ1n) is 7.09. The molecular weight excluding hydrogens is 226 g/mol. The highest BCUT2D eigenvalue weighted by atomic mass is 16.2. The van der Waals surface area contributed by atoms with E-state index in [4.69, 9.17) is 0 Å². The molecule has 3 atom stereocenters. The van der Waals surface area contributed by atoms with E-state index in [9.17, 15) is 10.1 Å². The summed E-state index contributed by atoms with van der Waals surface area (Å²) in [4.78, 5) is 13.4. The van der Waals surface area contributed by atoms with Crippen LogP contribution < -0.4 is 10.2 Å². The van der Waals surface area contributed by atoms with E-state index in [2.05, 4.69) is 18.3 Å². The fourth-order valence-electron chi connectivity index (χ4n) is 3.00. The molecule has 1 aliphatic carbocycles. The fraction of sp³-hybridized carbons (Fsp3) is 0.857. The third-order valence-electron chi connectivity index (χ3n) is 4.30. The molecule has 2 aliphatic rings. The molecule has 1 unspecified atom stereocenters. The summed E-state index contributed by atoms with van der Waals surface area (Å²) in [5.74, 6) is 1.11. The predicted octanol–water partition coefficient (Wildman–Crippen LogP) is 0.110. The summed E-state index contributed by atoms with van der Waals surface area (Å²) in [5.41, 5.74) is -0.641. The van der Waals surface area contributed by atoms with E-state index in [0.717, 1.165) is 25.9 Å². The van der Waals surface area contributed by atoms with E-state index < -0.39 is 5.54 Å². The summed E-state index contributed by atoms with van der Waals surface area (Å²) >= 11 is 0. The zero-order chi connectivity index (χ0) is 13.2. The van der Waals surface area contributed by atoms with Crippen LogP contribution in [0.3, 0.4) is 0 Å².